The third kappa shape index (κ3) is 2.95. The first-order chi connectivity index (χ1) is 10.6. The normalized spacial score (nSPS) is 33.8. The Balaban J connectivity index is 1.44. The van der Waals surface area contributed by atoms with Gasteiger partial charge in [-0.1, -0.05) is 0 Å². The summed E-state index contributed by atoms with van der Waals surface area (Å²) in [5, 5.41) is 12.4. The zero-order valence-corrected chi connectivity index (χ0v) is 13.1. The fraction of sp³-hybridized carbons (Fsp3) is 0.812. The van der Waals surface area contributed by atoms with Crippen LogP contribution in [0.4, 0.5) is 0 Å². The average Bonchev–Trinajstić information content (AvgIpc) is 3.17. The van der Waals surface area contributed by atoms with Crippen molar-refractivity contribution >= 4 is 11.8 Å². The average molecular weight is 304 g/mol. The zero-order chi connectivity index (χ0) is 15.7. The Kier molecular flexibility index (Phi) is 4.34. The fourth-order valence-corrected chi connectivity index (χ4v) is 4.26. The van der Waals surface area contributed by atoms with Gasteiger partial charge in [0.05, 0.1) is 12.6 Å². The maximum atomic E-state index is 12.2. The molecule has 1 N–H and O–H groups in total. The summed E-state index contributed by atoms with van der Waals surface area (Å²) in [5.74, 6) is 1.38. The molecule has 0 radical (unpaired) electrons. The molecule has 2 unspecified atom stereocenters. The van der Waals surface area contributed by atoms with Crippen molar-refractivity contribution in [1.82, 2.24) is 15.1 Å². The van der Waals surface area contributed by atoms with Crippen LogP contribution in [-0.4, -0.2) is 59.9 Å². The molecule has 120 valence electrons. The fourth-order valence-electron chi connectivity index (χ4n) is 4.26. The van der Waals surface area contributed by atoms with Gasteiger partial charge in [-0.05, 0) is 37.5 Å². The number of rotatable bonds is 3. The molecular weight excluding hydrogens is 280 g/mol. The molecule has 3 aliphatic rings. The van der Waals surface area contributed by atoms with Gasteiger partial charge in [0.2, 0.25) is 11.8 Å². The van der Waals surface area contributed by atoms with Gasteiger partial charge in [-0.15, -0.1) is 0 Å². The van der Waals surface area contributed by atoms with E-state index in [2.05, 4.69) is 11.4 Å². The topological polar surface area (TPSA) is 76.4 Å². The lowest BCUT2D eigenvalue weighted by Crippen LogP contribution is -2.43. The van der Waals surface area contributed by atoms with Gasteiger partial charge in [0, 0.05) is 32.6 Å². The third-order valence-electron chi connectivity index (χ3n) is 5.46. The van der Waals surface area contributed by atoms with Crippen molar-refractivity contribution in [3.8, 4) is 6.07 Å². The molecular formula is C16H24N4O2. The zero-order valence-electron chi connectivity index (χ0n) is 13.1. The monoisotopic (exact) mass is 304 g/mol. The number of hydrogen-bond donors (Lipinski definition) is 1. The van der Waals surface area contributed by atoms with Gasteiger partial charge < -0.3 is 15.1 Å². The number of carbonyl (C=O) groups excluding carboxylic acids is 2. The summed E-state index contributed by atoms with van der Waals surface area (Å²) >= 11 is 0. The standard InChI is InChI=1S/C16H24N4O2/c1-11(21)19-9-12-5-14(6-13(12)10-19)18-8-16(22)20-4-2-3-15(20)7-17/h12-15,18H,2-6,8-10H2,1H3/t12-,13+,14?,15?. The number of hydrogen-bond acceptors (Lipinski definition) is 4. The molecule has 2 amide bonds. The molecule has 2 heterocycles. The molecule has 0 aromatic carbocycles. The molecule has 2 saturated heterocycles. The summed E-state index contributed by atoms with van der Waals surface area (Å²) in [5.41, 5.74) is 0. The number of likely N-dealkylation sites (tertiary alicyclic amines) is 2. The van der Waals surface area contributed by atoms with Gasteiger partial charge in [-0.3, -0.25) is 9.59 Å². The van der Waals surface area contributed by atoms with Crippen LogP contribution in [-0.2, 0) is 9.59 Å². The van der Waals surface area contributed by atoms with Gasteiger partial charge in [-0.2, -0.15) is 5.26 Å². The molecule has 6 nitrogen and oxygen atoms in total. The van der Waals surface area contributed by atoms with Gasteiger partial charge in [0.15, 0.2) is 0 Å². The lowest BCUT2D eigenvalue weighted by Gasteiger charge is -2.22. The highest BCUT2D eigenvalue weighted by atomic mass is 16.2. The van der Waals surface area contributed by atoms with Crippen LogP contribution >= 0.6 is 0 Å². The SMILES string of the molecule is CC(=O)N1C[C@H]2CC(NCC(=O)N3CCCC3C#N)C[C@H]2C1. The minimum Gasteiger partial charge on any atom is -0.342 e. The van der Waals surface area contributed by atoms with E-state index in [1.54, 1.807) is 11.8 Å². The lowest BCUT2D eigenvalue weighted by atomic mass is 10.0. The van der Waals surface area contributed by atoms with Crippen LogP contribution in [0.5, 0.6) is 0 Å². The number of nitrogens with one attached hydrogen (secondary N) is 1. The maximum Gasteiger partial charge on any atom is 0.237 e. The Morgan fingerprint density at radius 2 is 1.95 bits per heavy atom. The molecule has 4 atom stereocenters. The van der Waals surface area contributed by atoms with E-state index in [4.69, 9.17) is 5.26 Å². The van der Waals surface area contributed by atoms with Crippen LogP contribution in [0.15, 0.2) is 0 Å². The molecule has 0 aromatic heterocycles. The van der Waals surface area contributed by atoms with Gasteiger partial charge >= 0.3 is 0 Å². The Morgan fingerprint density at radius 3 is 2.55 bits per heavy atom. The number of amides is 2. The third-order valence-corrected chi connectivity index (χ3v) is 5.46. The summed E-state index contributed by atoms with van der Waals surface area (Å²) in [4.78, 5) is 27.3. The Labute approximate surface area is 131 Å². The number of fused-ring (bicyclic) bond motifs is 1. The van der Waals surface area contributed by atoms with Crippen molar-refractivity contribution in [2.24, 2.45) is 11.8 Å². The first-order valence-corrected chi connectivity index (χ1v) is 8.26. The predicted molar refractivity (Wildman–Crippen MR) is 80.6 cm³/mol. The summed E-state index contributed by atoms with van der Waals surface area (Å²) in [6.45, 7) is 4.42. The first kappa shape index (κ1) is 15.3. The van der Waals surface area contributed by atoms with Crippen LogP contribution in [0.25, 0.3) is 0 Å². The summed E-state index contributed by atoms with van der Waals surface area (Å²) in [7, 11) is 0. The van der Waals surface area contributed by atoms with Crippen molar-refractivity contribution in [2.75, 3.05) is 26.2 Å². The Hall–Kier alpha value is -1.61. The van der Waals surface area contributed by atoms with E-state index in [1.807, 2.05) is 4.90 Å². The van der Waals surface area contributed by atoms with E-state index in [0.29, 0.717) is 31.0 Å². The minimum absolute atomic E-state index is 0.0477. The smallest absolute Gasteiger partial charge is 0.237 e. The second-order valence-corrected chi connectivity index (χ2v) is 6.87. The van der Waals surface area contributed by atoms with Crippen LogP contribution in [0.3, 0.4) is 0 Å². The summed E-state index contributed by atoms with van der Waals surface area (Å²) in [6, 6.07) is 2.35. The quantitative estimate of drug-likeness (QED) is 0.816. The molecule has 0 aromatic rings. The molecule has 1 aliphatic carbocycles. The Bertz CT molecular complexity index is 487. The maximum absolute atomic E-state index is 12.2. The van der Waals surface area contributed by atoms with Crippen LogP contribution in [0.1, 0.15) is 32.6 Å². The van der Waals surface area contributed by atoms with Crippen molar-refractivity contribution in [3.63, 3.8) is 0 Å². The molecule has 1 saturated carbocycles. The highest BCUT2D eigenvalue weighted by molar-refractivity contribution is 5.79. The van der Waals surface area contributed by atoms with Crippen molar-refractivity contribution in [2.45, 2.75) is 44.7 Å². The highest BCUT2D eigenvalue weighted by Crippen LogP contribution is 2.38. The second kappa shape index (κ2) is 6.25. The van der Waals surface area contributed by atoms with Crippen molar-refractivity contribution in [1.29, 1.82) is 5.26 Å². The molecule has 2 aliphatic heterocycles. The largest absolute Gasteiger partial charge is 0.342 e. The van der Waals surface area contributed by atoms with E-state index < -0.39 is 0 Å². The van der Waals surface area contributed by atoms with Crippen LogP contribution in [0.2, 0.25) is 0 Å². The number of nitrogens with zero attached hydrogens (tertiary/aromatic N) is 3. The summed E-state index contributed by atoms with van der Waals surface area (Å²) < 4.78 is 0. The number of carbonyl (C=O) groups is 2. The molecule has 0 bridgehead atoms. The Morgan fingerprint density at radius 1 is 1.27 bits per heavy atom. The van der Waals surface area contributed by atoms with Crippen LogP contribution < -0.4 is 5.32 Å². The second-order valence-electron chi connectivity index (χ2n) is 6.87. The van der Waals surface area contributed by atoms with Crippen LogP contribution in [0, 0.1) is 23.2 Å². The molecule has 6 heteroatoms. The minimum atomic E-state index is -0.235. The molecule has 0 spiro atoms. The summed E-state index contributed by atoms with van der Waals surface area (Å²) in [6.07, 6.45) is 3.82. The van der Waals surface area contributed by atoms with Gasteiger partial charge in [0.1, 0.15) is 6.04 Å². The van der Waals surface area contributed by atoms with Crippen molar-refractivity contribution < 1.29 is 9.59 Å². The van der Waals surface area contributed by atoms with Gasteiger partial charge in [-0.25, -0.2) is 0 Å². The molecule has 3 rings (SSSR count). The van der Waals surface area contributed by atoms with E-state index in [-0.39, 0.29) is 17.9 Å². The van der Waals surface area contributed by atoms with E-state index in [0.717, 1.165) is 38.8 Å². The lowest BCUT2D eigenvalue weighted by molar-refractivity contribution is -0.130. The highest BCUT2D eigenvalue weighted by Gasteiger charge is 2.41. The number of nitriles is 1. The van der Waals surface area contributed by atoms with E-state index in [1.165, 1.54) is 0 Å². The van der Waals surface area contributed by atoms with Gasteiger partial charge in [0.25, 0.3) is 0 Å². The van der Waals surface area contributed by atoms with E-state index in [9.17, 15) is 9.59 Å². The van der Waals surface area contributed by atoms with E-state index >= 15 is 0 Å². The van der Waals surface area contributed by atoms with Crippen molar-refractivity contribution in [3.05, 3.63) is 0 Å². The first-order valence-electron chi connectivity index (χ1n) is 8.26. The molecule has 3 fully saturated rings. The predicted octanol–water partition coefficient (Wildman–Crippen LogP) is 0.347. The molecule has 22 heavy (non-hydrogen) atoms.